The molecule has 6 nitrogen and oxygen atoms in total. The summed E-state index contributed by atoms with van der Waals surface area (Å²) in [6, 6.07) is 36.8. The minimum atomic E-state index is -0.0625. The van der Waals surface area contributed by atoms with Gasteiger partial charge in [0.05, 0.1) is 6.42 Å². The van der Waals surface area contributed by atoms with E-state index in [0.29, 0.717) is 0 Å². The Morgan fingerprint density at radius 2 is 0.792 bits per heavy atom. The first-order chi connectivity index (χ1) is 22.7. The fourth-order valence-corrected chi connectivity index (χ4v) is 5.12. The number of aryl methyl sites for hydroxylation is 2. The fraction of sp³-hybridized carbons (Fsp3) is 0.171. The number of aromatic nitrogens is 4. The molecule has 48 heavy (non-hydrogen) atoms. The van der Waals surface area contributed by atoms with Gasteiger partial charge in [0.1, 0.15) is 11.6 Å². The quantitative estimate of drug-likeness (QED) is 0.123. The number of carbonyl (C=O) groups is 2. The summed E-state index contributed by atoms with van der Waals surface area (Å²) in [5.74, 6) is -0.125. The van der Waals surface area contributed by atoms with Crippen molar-refractivity contribution in [2.45, 2.75) is 48.0 Å². The van der Waals surface area contributed by atoms with Crippen LogP contribution in [0.5, 0.6) is 0 Å². The van der Waals surface area contributed by atoms with Crippen molar-refractivity contribution in [3.05, 3.63) is 144 Å². The van der Waals surface area contributed by atoms with Gasteiger partial charge in [0.25, 0.3) is 0 Å². The molecule has 0 N–H and O–H groups in total. The second-order valence-corrected chi connectivity index (χ2v) is 11.2. The molecule has 0 saturated heterocycles. The van der Waals surface area contributed by atoms with Gasteiger partial charge in [-0.3, -0.25) is 9.59 Å². The Morgan fingerprint density at radius 1 is 0.479 bits per heavy atom. The zero-order valence-corrected chi connectivity index (χ0v) is 30.4. The molecule has 2 aromatic heterocycles. The van der Waals surface area contributed by atoms with Crippen molar-refractivity contribution >= 4 is 11.6 Å². The van der Waals surface area contributed by atoms with Gasteiger partial charge in [0.15, 0.2) is 0 Å². The van der Waals surface area contributed by atoms with Crippen LogP contribution in [0, 0.1) is 40.3 Å². The average Bonchev–Trinajstić information content (AvgIpc) is 3.07. The summed E-state index contributed by atoms with van der Waals surface area (Å²) < 4.78 is 0. The Hall–Kier alpha value is -4.97. The molecule has 0 bridgehead atoms. The molecule has 0 unspecified atom stereocenters. The molecule has 0 aliphatic rings. The monoisotopic (exact) mass is 811 g/mol. The third kappa shape index (κ3) is 10.0. The van der Waals surface area contributed by atoms with Crippen LogP contribution in [0.15, 0.2) is 109 Å². The molecule has 242 valence electrons. The molecular weight excluding hydrogens is 773 g/mol. The summed E-state index contributed by atoms with van der Waals surface area (Å²) in [5.41, 5.74) is 12.9. The van der Waals surface area contributed by atoms with Crippen molar-refractivity contribution < 1.29 is 29.7 Å². The van der Waals surface area contributed by atoms with Crippen molar-refractivity contribution in [3.8, 4) is 45.0 Å². The van der Waals surface area contributed by atoms with E-state index in [4.69, 9.17) is 0 Å². The van der Waals surface area contributed by atoms with Gasteiger partial charge in [-0.15, -0.1) is 11.1 Å². The van der Waals surface area contributed by atoms with E-state index in [1.807, 2.05) is 60.7 Å². The van der Waals surface area contributed by atoms with Crippen LogP contribution in [0.2, 0.25) is 0 Å². The molecule has 0 aliphatic heterocycles. The van der Waals surface area contributed by atoms with Gasteiger partial charge in [-0.25, -0.2) is 0 Å². The number of rotatable bonds is 6. The molecule has 0 aliphatic carbocycles. The van der Waals surface area contributed by atoms with Crippen LogP contribution >= 0.6 is 0 Å². The van der Waals surface area contributed by atoms with Gasteiger partial charge in [0, 0.05) is 12.7 Å². The minimum Gasteiger partial charge on any atom is -0.366 e. The van der Waals surface area contributed by atoms with Crippen LogP contribution in [0.25, 0.3) is 45.0 Å². The molecule has 2 heterocycles. The number of ketones is 2. The average molecular weight is 811 g/mol. The number of hydrogen-bond donors (Lipinski definition) is 0. The van der Waals surface area contributed by atoms with E-state index >= 15 is 0 Å². The van der Waals surface area contributed by atoms with E-state index in [-0.39, 0.29) is 38.1 Å². The van der Waals surface area contributed by atoms with E-state index < -0.39 is 0 Å². The normalized spacial score (nSPS) is 9.96. The van der Waals surface area contributed by atoms with Crippen molar-refractivity contribution in [1.29, 1.82) is 0 Å². The molecular formula is C41H38IrN4O2+. The second-order valence-electron chi connectivity index (χ2n) is 11.2. The summed E-state index contributed by atoms with van der Waals surface area (Å²) in [5, 5.41) is 0. The van der Waals surface area contributed by atoms with Gasteiger partial charge in [0.2, 0.25) is 0 Å². The standard InChI is InChI=1S/2C18H15N2.C5H8O2.Ir/c2*1-13-8-6-7-11-16(13)18-14(2)17(19-12-20-18)15-9-4-3-5-10-15;1-4(6)3-5(2)7;/h2*3-11H,1-2H3;3H2,1-2H3;/q2*-1;;+3. The van der Waals surface area contributed by atoms with Crippen LogP contribution in [-0.4, -0.2) is 31.5 Å². The summed E-state index contributed by atoms with van der Waals surface area (Å²) in [6.45, 7) is 11.1. The predicted molar refractivity (Wildman–Crippen MR) is 188 cm³/mol. The SMILES string of the molecule is CC(=O)CC(C)=O.Cc1ccccc1-c1n[c-]nc(-c2ccccc2)c1C.Cc1ccccc1-c1n[c-]nc(-c2ccccc2)c1C.[Ir+3]. The molecule has 0 radical (unpaired) electrons. The smallest absolute Gasteiger partial charge is 0.366 e. The maximum Gasteiger partial charge on any atom is 3.00 e. The maximum absolute atomic E-state index is 10.0. The van der Waals surface area contributed by atoms with Gasteiger partial charge in [-0.1, -0.05) is 156 Å². The zero-order chi connectivity index (χ0) is 33.8. The molecule has 4 aromatic carbocycles. The predicted octanol–water partition coefficient (Wildman–Crippen LogP) is 9.01. The summed E-state index contributed by atoms with van der Waals surface area (Å²) in [7, 11) is 0. The van der Waals surface area contributed by atoms with Crippen molar-refractivity contribution in [2.24, 2.45) is 0 Å². The van der Waals surface area contributed by atoms with Crippen molar-refractivity contribution in [2.75, 3.05) is 0 Å². The Morgan fingerprint density at radius 3 is 1.10 bits per heavy atom. The van der Waals surface area contributed by atoms with Crippen LogP contribution in [0.3, 0.4) is 0 Å². The first-order valence-corrected chi connectivity index (χ1v) is 15.4. The first kappa shape index (κ1) is 37.5. The first-order valence-electron chi connectivity index (χ1n) is 15.4. The number of benzene rings is 4. The molecule has 7 heteroatoms. The molecule has 6 aromatic rings. The van der Waals surface area contributed by atoms with E-state index in [9.17, 15) is 9.59 Å². The third-order valence-corrected chi connectivity index (χ3v) is 7.46. The maximum atomic E-state index is 10.0. The third-order valence-electron chi connectivity index (χ3n) is 7.46. The number of nitrogens with zero attached hydrogens (tertiary/aromatic N) is 4. The van der Waals surface area contributed by atoms with Crippen LogP contribution < -0.4 is 0 Å². The second kappa shape index (κ2) is 18.4. The molecule has 0 atom stereocenters. The summed E-state index contributed by atoms with van der Waals surface area (Å²) in [4.78, 5) is 37.4. The summed E-state index contributed by atoms with van der Waals surface area (Å²) >= 11 is 0. The van der Waals surface area contributed by atoms with Gasteiger partial charge in [-0.05, 0) is 50.5 Å². The Balaban J connectivity index is 0.000000215. The van der Waals surface area contributed by atoms with Gasteiger partial charge < -0.3 is 19.9 Å². The topological polar surface area (TPSA) is 85.7 Å². The number of hydrogen-bond acceptors (Lipinski definition) is 6. The molecule has 0 fully saturated rings. The minimum absolute atomic E-state index is 0. The molecule has 0 saturated carbocycles. The van der Waals surface area contributed by atoms with Gasteiger partial charge >= 0.3 is 20.1 Å². The largest absolute Gasteiger partial charge is 3.00 e. The van der Waals surface area contributed by atoms with Crippen LogP contribution in [-0.2, 0) is 29.7 Å². The van der Waals surface area contributed by atoms with Crippen molar-refractivity contribution in [1.82, 2.24) is 19.9 Å². The Bertz CT molecular complexity index is 1820. The molecule has 0 spiro atoms. The Kier molecular flexibility index (Phi) is 14.4. The van der Waals surface area contributed by atoms with E-state index in [0.717, 1.165) is 56.2 Å². The zero-order valence-electron chi connectivity index (χ0n) is 28.0. The van der Waals surface area contributed by atoms with Gasteiger partial charge in [-0.2, -0.15) is 0 Å². The van der Waals surface area contributed by atoms with Crippen LogP contribution in [0.1, 0.15) is 42.5 Å². The fourth-order valence-electron chi connectivity index (χ4n) is 5.12. The van der Waals surface area contributed by atoms with Crippen LogP contribution in [0.4, 0.5) is 0 Å². The Labute approximate surface area is 297 Å². The molecule has 6 rings (SSSR count). The molecule has 0 amide bonds. The van der Waals surface area contributed by atoms with E-state index in [1.54, 1.807) is 0 Å². The number of Topliss-reactive ketones (excluding diaryl/α,β-unsaturated/α-hetero) is 2. The number of carbonyl (C=O) groups excluding carboxylic acids is 2. The van der Waals surface area contributed by atoms with E-state index in [2.05, 4.69) is 109 Å². The van der Waals surface area contributed by atoms with Crippen molar-refractivity contribution in [3.63, 3.8) is 0 Å². The van der Waals surface area contributed by atoms with E-state index in [1.165, 1.54) is 25.0 Å². The summed E-state index contributed by atoms with van der Waals surface area (Å²) in [6.07, 6.45) is 5.67.